The molecule has 2 nitrogen and oxygen atoms in total. The van der Waals surface area contributed by atoms with Gasteiger partial charge in [0.2, 0.25) is 0 Å². The second-order valence-corrected chi connectivity index (χ2v) is 6.74. The average molecular weight is 281 g/mol. The molecule has 0 saturated heterocycles. The third kappa shape index (κ3) is 5.78. The molecule has 2 heteroatoms. The first-order valence-corrected chi connectivity index (χ1v) is 8.15. The van der Waals surface area contributed by atoms with Crippen molar-refractivity contribution in [3.05, 3.63) is 12.7 Å². The van der Waals surface area contributed by atoms with Gasteiger partial charge in [-0.1, -0.05) is 39.2 Å². The maximum absolute atomic E-state index is 12.6. The molecule has 118 valence electrons. The van der Waals surface area contributed by atoms with Crippen LogP contribution in [0.3, 0.4) is 0 Å². The van der Waals surface area contributed by atoms with Crippen molar-refractivity contribution in [2.24, 2.45) is 5.92 Å². The number of carbonyl (C=O) groups is 1. The van der Waals surface area contributed by atoms with E-state index in [-0.39, 0.29) is 11.5 Å². The molecule has 0 aromatic heterocycles. The van der Waals surface area contributed by atoms with E-state index < -0.39 is 0 Å². The van der Waals surface area contributed by atoms with Gasteiger partial charge in [0.05, 0.1) is 5.54 Å². The van der Waals surface area contributed by atoms with Crippen molar-refractivity contribution in [2.75, 3.05) is 7.05 Å². The van der Waals surface area contributed by atoms with Gasteiger partial charge >= 0.3 is 0 Å². The molecule has 0 spiro atoms. The van der Waals surface area contributed by atoms with Crippen LogP contribution in [0.15, 0.2) is 12.7 Å². The number of ketones is 1. The molecule has 0 N–H and O–H groups in total. The van der Waals surface area contributed by atoms with Gasteiger partial charge in [-0.3, -0.25) is 9.69 Å². The Morgan fingerprint density at radius 1 is 1.15 bits per heavy atom. The minimum absolute atomic E-state index is 0.0990. The van der Waals surface area contributed by atoms with Gasteiger partial charge in [-0.15, -0.1) is 6.58 Å². The molecule has 1 atom stereocenters. The summed E-state index contributed by atoms with van der Waals surface area (Å²) in [6.45, 7) is 14.2. The first-order chi connectivity index (χ1) is 9.27. The van der Waals surface area contributed by atoms with E-state index in [0.717, 1.165) is 19.3 Å². The van der Waals surface area contributed by atoms with Crippen LogP contribution in [0.5, 0.6) is 0 Å². The van der Waals surface area contributed by atoms with E-state index in [1.54, 1.807) is 0 Å². The van der Waals surface area contributed by atoms with Crippen LogP contribution < -0.4 is 0 Å². The Balaban J connectivity index is 4.55. The van der Waals surface area contributed by atoms with E-state index in [1.165, 1.54) is 19.3 Å². The Bertz CT molecular complexity index is 296. The summed E-state index contributed by atoms with van der Waals surface area (Å²) in [4.78, 5) is 14.9. The zero-order valence-electron chi connectivity index (χ0n) is 14.5. The Hall–Kier alpha value is -0.630. The molecule has 0 aliphatic rings. The Labute approximate surface area is 126 Å². The predicted molar refractivity (Wildman–Crippen MR) is 89.0 cm³/mol. The molecule has 0 fully saturated rings. The summed E-state index contributed by atoms with van der Waals surface area (Å²) in [5.41, 5.74) is -0.319. The van der Waals surface area contributed by atoms with Crippen molar-refractivity contribution < 1.29 is 4.79 Å². The smallest absolute Gasteiger partial charge is 0.155 e. The topological polar surface area (TPSA) is 20.3 Å². The van der Waals surface area contributed by atoms with Gasteiger partial charge in [0, 0.05) is 12.0 Å². The van der Waals surface area contributed by atoms with Gasteiger partial charge in [0.1, 0.15) is 0 Å². The van der Waals surface area contributed by atoms with Crippen LogP contribution in [-0.4, -0.2) is 29.3 Å². The molecular formula is C18H35NO. The number of hydrogen-bond acceptors (Lipinski definition) is 2. The summed E-state index contributed by atoms with van der Waals surface area (Å²) >= 11 is 0. The van der Waals surface area contributed by atoms with Crippen LogP contribution in [-0.2, 0) is 4.79 Å². The van der Waals surface area contributed by atoms with Crippen LogP contribution in [0.2, 0.25) is 0 Å². The lowest BCUT2D eigenvalue weighted by Crippen LogP contribution is -2.54. The fraction of sp³-hybridized carbons (Fsp3) is 0.833. The molecule has 0 radical (unpaired) electrons. The number of carbonyl (C=O) groups excluding carboxylic acids is 1. The monoisotopic (exact) mass is 281 g/mol. The minimum Gasteiger partial charge on any atom is -0.297 e. The molecule has 0 saturated carbocycles. The zero-order valence-corrected chi connectivity index (χ0v) is 14.5. The van der Waals surface area contributed by atoms with Crippen molar-refractivity contribution >= 4 is 5.78 Å². The van der Waals surface area contributed by atoms with Gasteiger partial charge in [-0.2, -0.15) is 0 Å². The highest BCUT2D eigenvalue weighted by Gasteiger charge is 2.38. The highest BCUT2D eigenvalue weighted by molar-refractivity contribution is 5.89. The van der Waals surface area contributed by atoms with E-state index in [0.29, 0.717) is 11.8 Å². The Kier molecular flexibility index (Phi) is 9.04. The molecule has 0 heterocycles. The van der Waals surface area contributed by atoms with E-state index in [1.807, 2.05) is 19.9 Å². The highest BCUT2D eigenvalue weighted by Crippen LogP contribution is 2.27. The summed E-state index contributed by atoms with van der Waals surface area (Å²) in [5, 5.41) is 0. The lowest BCUT2D eigenvalue weighted by molar-refractivity contribution is -0.134. The summed E-state index contributed by atoms with van der Waals surface area (Å²) in [5.74, 6) is 0.474. The van der Waals surface area contributed by atoms with E-state index in [9.17, 15) is 4.79 Å². The van der Waals surface area contributed by atoms with Crippen molar-refractivity contribution in [3.8, 4) is 0 Å². The molecule has 0 unspecified atom stereocenters. The average Bonchev–Trinajstić information content (AvgIpc) is 2.40. The minimum atomic E-state index is -0.319. The molecule has 0 rings (SSSR count). The Morgan fingerprint density at radius 2 is 1.70 bits per heavy atom. The standard InChI is InChI=1S/C18H35NO/c1-8-9-10-11-12-13-14-18(6,17(20)15(2)3)19(7)16(4)5/h8,15-16H,1,9-14H2,2-7H3/t18-/m0/s1. The molecule has 0 amide bonds. The van der Waals surface area contributed by atoms with Gasteiger partial charge in [0.15, 0.2) is 5.78 Å². The number of rotatable bonds is 11. The summed E-state index contributed by atoms with van der Waals surface area (Å²) in [7, 11) is 2.09. The number of allylic oxidation sites excluding steroid dienone is 1. The maximum Gasteiger partial charge on any atom is 0.155 e. The fourth-order valence-corrected chi connectivity index (χ4v) is 2.78. The molecule has 20 heavy (non-hydrogen) atoms. The number of unbranched alkanes of at least 4 members (excludes halogenated alkanes) is 4. The number of Topliss-reactive ketones (excluding diaryl/α,β-unsaturated/α-hetero) is 1. The fourth-order valence-electron chi connectivity index (χ4n) is 2.78. The first kappa shape index (κ1) is 19.4. The van der Waals surface area contributed by atoms with Crippen molar-refractivity contribution in [2.45, 2.75) is 84.7 Å². The molecule has 0 aromatic rings. The highest BCUT2D eigenvalue weighted by atomic mass is 16.1. The largest absolute Gasteiger partial charge is 0.297 e. The van der Waals surface area contributed by atoms with Crippen LogP contribution in [0.4, 0.5) is 0 Å². The van der Waals surface area contributed by atoms with Crippen molar-refractivity contribution in [1.29, 1.82) is 0 Å². The van der Waals surface area contributed by atoms with Gasteiger partial charge < -0.3 is 0 Å². The first-order valence-electron chi connectivity index (χ1n) is 8.15. The molecule has 0 aliphatic heterocycles. The van der Waals surface area contributed by atoms with Crippen LogP contribution >= 0.6 is 0 Å². The van der Waals surface area contributed by atoms with E-state index >= 15 is 0 Å². The lowest BCUT2D eigenvalue weighted by Gasteiger charge is -2.41. The summed E-state index contributed by atoms with van der Waals surface area (Å²) in [6.07, 6.45) is 8.85. The van der Waals surface area contributed by atoms with Crippen molar-refractivity contribution in [1.82, 2.24) is 4.90 Å². The Morgan fingerprint density at radius 3 is 2.15 bits per heavy atom. The molecule has 0 aliphatic carbocycles. The number of likely N-dealkylation sites (N-methyl/N-ethyl adjacent to an activating group) is 1. The third-order valence-corrected chi connectivity index (χ3v) is 4.43. The quantitative estimate of drug-likeness (QED) is 0.399. The normalized spacial score (nSPS) is 14.8. The van der Waals surface area contributed by atoms with E-state index in [4.69, 9.17) is 0 Å². The summed E-state index contributed by atoms with van der Waals surface area (Å²) in [6, 6.07) is 0.392. The van der Waals surface area contributed by atoms with Crippen LogP contribution in [0, 0.1) is 5.92 Å². The number of nitrogens with zero attached hydrogens (tertiary/aromatic N) is 1. The molecule has 0 bridgehead atoms. The molecular weight excluding hydrogens is 246 g/mol. The number of hydrogen-bond donors (Lipinski definition) is 0. The van der Waals surface area contributed by atoms with Gasteiger partial charge in [0.25, 0.3) is 0 Å². The third-order valence-electron chi connectivity index (χ3n) is 4.43. The molecule has 0 aromatic carbocycles. The summed E-state index contributed by atoms with van der Waals surface area (Å²) < 4.78 is 0. The van der Waals surface area contributed by atoms with Crippen molar-refractivity contribution in [3.63, 3.8) is 0 Å². The maximum atomic E-state index is 12.6. The second-order valence-electron chi connectivity index (χ2n) is 6.74. The van der Waals surface area contributed by atoms with Gasteiger partial charge in [-0.25, -0.2) is 0 Å². The van der Waals surface area contributed by atoms with Gasteiger partial charge in [-0.05, 0) is 47.1 Å². The second kappa shape index (κ2) is 9.33. The lowest BCUT2D eigenvalue weighted by atomic mass is 9.82. The van der Waals surface area contributed by atoms with E-state index in [2.05, 4.69) is 39.3 Å². The zero-order chi connectivity index (χ0) is 15.8. The SMILES string of the molecule is C=CCCCCCC[C@@](C)(C(=O)C(C)C)N(C)C(C)C. The predicted octanol–water partition coefficient (Wildman–Crippen LogP) is 4.84. The van der Waals surface area contributed by atoms with Crippen LogP contribution in [0.25, 0.3) is 0 Å². The van der Waals surface area contributed by atoms with Crippen LogP contribution in [0.1, 0.15) is 73.1 Å².